The molecule has 1 aromatic rings. The third-order valence-electron chi connectivity index (χ3n) is 2.64. The van der Waals surface area contributed by atoms with Crippen molar-refractivity contribution in [2.75, 3.05) is 18.5 Å². The van der Waals surface area contributed by atoms with Crippen LogP contribution in [0.5, 0.6) is 11.5 Å². The number of nitrogens with two attached hydrogens (primary N) is 1. The molecule has 110 valence electrons. The molecule has 2 rings (SSSR count). The zero-order chi connectivity index (χ0) is 14.8. The van der Waals surface area contributed by atoms with Gasteiger partial charge < -0.3 is 19.9 Å². The van der Waals surface area contributed by atoms with Crippen molar-refractivity contribution in [2.45, 2.75) is 32.9 Å². The minimum atomic E-state index is -0.570. The third kappa shape index (κ3) is 3.33. The van der Waals surface area contributed by atoms with E-state index >= 15 is 0 Å². The Balaban J connectivity index is 2.27. The summed E-state index contributed by atoms with van der Waals surface area (Å²) in [4.78, 5) is 11.9. The highest BCUT2D eigenvalue weighted by Gasteiger charge is 2.23. The van der Waals surface area contributed by atoms with Crippen molar-refractivity contribution >= 4 is 11.8 Å². The lowest BCUT2D eigenvalue weighted by Gasteiger charge is -2.24. The summed E-state index contributed by atoms with van der Waals surface area (Å²) >= 11 is 0. The highest BCUT2D eigenvalue weighted by Crippen LogP contribution is 2.40. The molecule has 20 heavy (non-hydrogen) atoms. The van der Waals surface area contributed by atoms with Crippen molar-refractivity contribution in [3.8, 4) is 11.5 Å². The van der Waals surface area contributed by atoms with Gasteiger partial charge >= 0.3 is 6.09 Å². The molecule has 1 aliphatic heterocycles. The molecule has 1 aromatic carbocycles. The summed E-state index contributed by atoms with van der Waals surface area (Å²) in [5.74, 6) is 1.10. The maximum Gasteiger partial charge on any atom is 0.412 e. The predicted octanol–water partition coefficient (Wildman–Crippen LogP) is 2.26. The van der Waals surface area contributed by atoms with E-state index in [0.717, 1.165) is 5.56 Å². The van der Waals surface area contributed by atoms with Gasteiger partial charge in [0.1, 0.15) is 18.8 Å². The molecule has 0 radical (unpaired) electrons. The number of carbonyl (C=O) groups excluding carboxylic acids is 1. The largest absolute Gasteiger partial charge is 0.486 e. The molecule has 0 saturated carbocycles. The van der Waals surface area contributed by atoms with E-state index in [1.807, 2.05) is 0 Å². The predicted molar refractivity (Wildman–Crippen MR) is 75.2 cm³/mol. The van der Waals surface area contributed by atoms with Crippen LogP contribution in [0.3, 0.4) is 0 Å². The molecule has 0 spiro atoms. The van der Waals surface area contributed by atoms with E-state index in [-0.39, 0.29) is 6.54 Å². The van der Waals surface area contributed by atoms with E-state index in [4.69, 9.17) is 19.9 Å². The number of anilines is 1. The standard InChI is InChI=1S/C14H20N2O4/c1-14(2,3)20-13(17)16-11-9(8-15)4-5-10-12(11)19-7-6-18-10/h4-5H,6-8,15H2,1-3H3,(H,16,17). The summed E-state index contributed by atoms with van der Waals surface area (Å²) in [5.41, 5.74) is 6.40. The Hall–Kier alpha value is -1.95. The Kier molecular flexibility index (Phi) is 4.04. The van der Waals surface area contributed by atoms with Crippen LogP contribution in [0, 0.1) is 0 Å². The Morgan fingerprint density at radius 2 is 2.05 bits per heavy atom. The smallest absolute Gasteiger partial charge is 0.412 e. The summed E-state index contributed by atoms with van der Waals surface area (Å²) in [6.45, 7) is 6.61. The second-order valence-corrected chi connectivity index (χ2v) is 5.45. The first-order valence-corrected chi connectivity index (χ1v) is 6.52. The van der Waals surface area contributed by atoms with E-state index in [0.29, 0.717) is 30.4 Å². The molecule has 1 heterocycles. The van der Waals surface area contributed by atoms with Crippen LogP contribution < -0.4 is 20.5 Å². The number of benzene rings is 1. The third-order valence-corrected chi connectivity index (χ3v) is 2.64. The van der Waals surface area contributed by atoms with Gasteiger partial charge in [0.25, 0.3) is 0 Å². The lowest BCUT2D eigenvalue weighted by Crippen LogP contribution is -2.28. The fourth-order valence-electron chi connectivity index (χ4n) is 1.87. The summed E-state index contributed by atoms with van der Waals surface area (Å²) in [6.07, 6.45) is -0.547. The van der Waals surface area contributed by atoms with Gasteiger partial charge in [-0.15, -0.1) is 0 Å². The van der Waals surface area contributed by atoms with E-state index in [1.54, 1.807) is 32.9 Å². The maximum atomic E-state index is 11.9. The number of ether oxygens (including phenoxy) is 3. The lowest BCUT2D eigenvalue weighted by atomic mass is 10.1. The Bertz CT molecular complexity index is 509. The number of carbonyl (C=O) groups is 1. The fraction of sp³-hybridized carbons (Fsp3) is 0.500. The first-order chi connectivity index (χ1) is 9.40. The van der Waals surface area contributed by atoms with Crippen LogP contribution in [0.4, 0.5) is 10.5 Å². The molecule has 0 aliphatic carbocycles. The average Bonchev–Trinajstić information content (AvgIpc) is 2.37. The second-order valence-electron chi connectivity index (χ2n) is 5.45. The van der Waals surface area contributed by atoms with Crippen LogP contribution >= 0.6 is 0 Å². The Labute approximate surface area is 118 Å². The van der Waals surface area contributed by atoms with Gasteiger partial charge in [0.2, 0.25) is 0 Å². The van der Waals surface area contributed by atoms with Gasteiger partial charge in [-0.2, -0.15) is 0 Å². The number of hydrogen-bond donors (Lipinski definition) is 2. The topological polar surface area (TPSA) is 82.8 Å². The average molecular weight is 280 g/mol. The number of nitrogens with one attached hydrogen (secondary N) is 1. The monoisotopic (exact) mass is 280 g/mol. The highest BCUT2D eigenvalue weighted by atomic mass is 16.6. The van der Waals surface area contributed by atoms with Gasteiger partial charge in [0, 0.05) is 6.54 Å². The quantitative estimate of drug-likeness (QED) is 0.868. The van der Waals surface area contributed by atoms with Crippen LogP contribution in [0.1, 0.15) is 26.3 Å². The van der Waals surface area contributed by atoms with E-state index in [2.05, 4.69) is 5.32 Å². The van der Waals surface area contributed by atoms with Crippen molar-refractivity contribution in [1.29, 1.82) is 0 Å². The normalized spacial score (nSPS) is 13.8. The molecule has 6 heteroatoms. The van der Waals surface area contributed by atoms with E-state index < -0.39 is 11.7 Å². The number of hydrogen-bond acceptors (Lipinski definition) is 5. The van der Waals surface area contributed by atoms with Crippen molar-refractivity contribution in [3.63, 3.8) is 0 Å². The summed E-state index contributed by atoms with van der Waals surface area (Å²) < 4.78 is 16.3. The van der Waals surface area contributed by atoms with Gasteiger partial charge in [-0.05, 0) is 32.4 Å². The summed E-state index contributed by atoms with van der Waals surface area (Å²) in [5, 5.41) is 2.70. The van der Waals surface area contributed by atoms with Crippen molar-refractivity contribution in [3.05, 3.63) is 17.7 Å². The summed E-state index contributed by atoms with van der Waals surface area (Å²) in [6, 6.07) is 3.59. The molecule has 1 amide bonds. The van der Waals surface area contributed by atoms with Crippen LogP contribution in [0.15, 0.2) is 12.1 Å². The van der Waals surface area contributed by atoms with E-state index in [9.17, 15) is 4.79 Å². The minimum absolute atomic E-state index is 0.280. The van der Waals surface area contributed by atoms with Crippen LogP contribution in [0.2, 0.25) is 0 Å². The lowest BCUT2D eigenvalue weighted by molar-refractivity contribution is 0.0634. The zero-order valence-corrected chi connectivity index (χ0v) is 12.0. The molecule has 0 saturated heterocycles. The highest BCUT2D eigenvalue weighted by molar-refractivity contribution is 5.89. The van der Waals surface area contributed by atoms with E-state index in [1.165, 1.54) is 0 Å². The molecular weight excluding hydrogens is 260 g/mol. The molecule has 1 aliphatic rings. The summed E-state index contributed by atoms with van der Waals surface area (Å²) in [7, 11) is 0. The molecule has 0 unspecified atom stereocenters. The minimum Gasteiger partial charge on any atom is -0.486 e. The van der Waals surface area contributed by atoms with Crippen molar-refractivity contribution in [2.24, 2.45) is 5.73 Å². The van der Waals surface area contributed by atoms with Crippen molar-refractivity contribution in [1.82, 2.24) is 0 Å². The first-order valence-electron chi connectivity index (χ1n) is 6.52. The molecule has 0 fully saturated rings. The van der Waals surface area contributed by atoms with Gasteiger partial charge in [0.05, 0.1) is 5.69 Å². The first kappa shape index (κ1) is 14.5. The Morgan fingerprint density at radius 1 is 1.35 bits per heavy atom. The number of rotatable bonds is 2. The second kappa shape index (κ2) is 5.58. The molecule has 6 nitrogen and oxygen atoms in total. The van der Waals surface area contributed by atoms with Gasteiger partial charge in [0.15, 0.2) is 11.5 Å². The molecule has 3 N–H and O–H groups in total. The van der Waals surface area contributed by atoms with Gasteiger partial charge in [-0.1, -0.05) is 6.07 Å². The van der Waals surface area contributed by atoms with Crippen molar-refractivity contribution < 1.29 is 19.0 Å². The maximum absolute atomic E-state index is 11.9. The van der Waals surface area contributed by atoms with Crippen LogP contribution in [0.25, 0.3) is 0 Å². The molecule has 0 bridgehead atoms. The molecule has 0 atom stereocenters. The van der Waals surface area contributed by atoms with Crippen LogP contribution in [-0.2, 0) is 11.3 Å². The molecule has 0 aromatic heterocycles. The molecular formula is C14H20N2O4. The fourth-order valence-corrected chi connectivity index (χ4v) is 1.87. The number of fused-ring (bicyclic) bond motifs is 1. The zero-order valence-electron chi connectivity index (χ0n) is 12.0. The Morgan fingerprint density at radius 3 is 2.70 bits per heavy atom. The van der Waals surface area contributed by atoms with Gasteiger partial charge in [-0.3, -0.25) is 5.32 Å². The van der Waals surface area contributed by atoms with Crippen LogP contribution in [-0.4, -0.2) is 24.9 Å². The SMILES string of the molecule is CC(C)(C)OC(=O)Nc1c(CN)ccc2c1OCCO2. The number of amides is 1. The van der Waals surface area contributed by atoms with Gasteiger partial charge in [-0.25, -0.2) is 4.79 Å².